The molecule has 5 nitrogen and oxygen atoms in total. The van der Waals surface area contributed by atoms with Crippen molar-refractivity contribution in [3.63, 3.8) is 0 Å². The van der Waals surface area contributed by atoms with Crippen LogP contribution >= 0.6 is 0 Å². The van der Waals surface area contributed by atoms with Gasteiger partial charge in [-0.05, 0) is 36.4 Å². The van der Waals surface area contributed by atoms with Crippen molar-refractivity contribution in [2.24, 2.45) is 0 Å². The van der Waals surface area contributed by atoms with Crippen LogP contribution in [0.5, 0.6) is 0 Å². The van der Waals surface area contributed by atoms with E-state index in [2.05, 4.69) is 18.2 Å². The highest BCUT2D eigenvalue weighted by Gasteiger charge is 2.20. The van der Waals surface area contributed by atoms with Gasteiger partial charge in [-0.15, -0.1) is 0 Å². The number of fused-ring (bicyclic) bond motifs is 6. The minimum Gasteiger partial charge on any atom is -0.456 e. The Kier molecular flexibility index (Phi) is 3.60. The summed E-state index contributed by atoms with van der Waals surface area (Å²) in [7, 11) is 0. The topological polar surface area (TPSA) is 89.4 Å². The first-order chi connectivity index (χ1) is 15.7. The maximum absolute atomic E-state index is 9.88. The Balaban J connectivity index is 1.86. The molecule has 146 valence electrons. The molecule has 0 spiro atoms. The Morgan fingerprint density at radius 3 is 2.00 bits per heavy atom. The number of nitrogens with zero attached hydrogens (tertiary/aromatic N) is 4. The first kappa shape index (κ1) is 17.8. The molecule has 2 aromatic heterocycles. The van der Waals surface area contributed by atoms with Crippen molar-refractivity contribution >= 4 is 43.7 Å². The summed E-state index contributed by atoms with van der Waals surface area (Å²) in [5.41, 5.74) is 4.64. The standard InChI is InChI=1S/C27H12N4O/c28-13-16-9-17(14-29)27(18(10-16)15-30)31-23-7-3-1-5-19(23)21-12-26-22(11-24(21)31)20-6-2-4-8-25(20)32-26/h1-12H. The fourth-order valence-electron chi connectivity index (χ4n) is 4.54. The molecule has 0 amide bonds. The molecular weight excluding hydrogens is 396 g/mol. The van der Waals surface area contributed by atoms with Gasteiger partial charge in [0.2, 0.25) is 0 Å². The summed E-state index contributed by atoms with van der Waals surface area (Å²) in [4.78, 5) is 0. The summed E-state index contributed by atoms with van der Waals surface area (Å²) in [6, 6.07) is 29.3. The second-order valence-corrected chi connectivity index (χ2v) is 7.57. The van der Waals surface area contributed by atoms with Gasteiger partial charge >= 0.3 is 0 Å². The van der Waals surface area contributed by atoms with Gasteiger partial charge in [-0.25, -0.2) is 0 Å². The normalized spacial score (nSPS) is 11.0. The van der Waals surface area contributed by atoms with Crippen molar-refractivity contribution in [3.05, 3.63) is 89.5 Å². The molecule has 0 aliphatic heterocycles. The summed E-state index contributed by atoms with van der Waals surface area (Å²) in [6.07, 6.45) is 0. The molecule has 0 bridgehead atoms. The number of hydrogen-bond donors (Lipinski definition) is 0. The number of aromatic nitrogens is 1. The lowest BCUT2D eigenvalue weighted by Crippen LogP contribution is -2.02. The van der Waals surface area contributed by atoms with Crippen molar-refractivity contribution in [3.8, 4) is 23.9 Å². The lowest BCUT2D eigenvalue weighted by molar-refractivity contribution is 0.669. The first-order valence-electron chi connectivity index (χ1n) is 9.96. The van der Waals surface area contributed by atoms with E-state index in [1.165, 1.54) is 12.1 Å². The van der Waals surface area contributed by atoms with Crippen molar-refractivity contribution in [2.45, 2.75) is 0 Å². The van der Waals surface area contributed by atoms with Crippen LogP contribution in [-0.2, 0) is 0 Å². The van der Waals surface area contributed by atoms with Crippen molar-refractivity contribution in [2.75, 3.05) is 0 Å². The molecule has 2 heterocycles. The highest BCUT2D eigenvalue weighted by molar-refractivity contribution is 6.17. The van der Waals surface area contributed by atoms with Crippen LogP contribution in [0.2, 0.25) is 0 Å². The van der Waals surface area contributed by atoms with E-state index in [1.54, 1.807) is 0 Å². The van der Waals surface area contributed by atoms with Crippen LogP contribution in [-0.4, -0.2) is 4.57 Å². The highest BCUT2D eigenvalue weighted by Crippen LogP contribution is 2.39. The minimum atomic E-state index is 0.278. The lowest BCUT2D eigenvalue weighted by atomic mass is 10.0. The third-order valence-corrected chi connectivity index (χ3v) is 5.87. The Hall–Kier alpha value is -5.05. The molecule has 0 atom stereocenters. The smallest absolute Gasteiger partial charge is 0.136 e. The predicted octanol–water partition coefficient (Wildman–Crippen LogP) is 6.30. The SMILES string of the molecule is N#Cc1cc(C#N)c(-n2c3ccccc3c3cc4oc5ccccc5c4cc32)c(C#N)c1. The Morgan fingerprint density at radius 2 is 1.28 bits per heavy atom. The van der Waals surface area contributed by atoms with E-state index < -0.39 is 0 Å². The third kappa shape index (κ3) is 2.30. The molecule has 0 unspecified atom stereocenters. The monoisotopic (exact) mass is 408 g/mol. The quantitative estimate of drug-likeness (QED) is 0.319. The Morgan fingerprint density at radius 1 is 0.594 bits per heavy atom. The van der Waals surface area contributed by atoms with Crippen LogP contribution in [0.4, 0.5) is 0 Å². The zero-order valence-corrected chi connectivity index (χ0v) is 16.6. The van der Waals surface area contributed by atoms with E-state index in [9.17, 15) is 15.8 Å². The van der Waals surface area contributed by atoms with E-state index in [0.717, 1.165) is 43.7 Å². The largest absolute Gasteiger partial charge is 0.456 e. The summed E-state index contributed by atoms with van der Waals surface area (Å²) in [6.45, 7) is 0. The number of benzene rings is 4. The molecule has 5 heteroatoms. The second kappa shape index (κ2) is 6.47. The Bertz CT molecular complexity index is 1830. The first-order valence-corrected chi connectivity index (χ1v) is 9.96. The van der Waals surface area contributed by atoms with Crippen LogP contribution in [0, 0.1) is 34.0 Å². The van der Waals surface area contributed by atoms with Gasteiger partial charge in [0.05, 0.1) is 39.5 Å². The van der Waals surface area contributed by atoms with Gasteiger partial charge in [0.25, 0.3) is 0 Å². The number of furan rings is 1. The van der Waals surface area contributed by atoms with E-state index in [1.807, 2.05) is 65.2 Å². The molecule has 0 saturated heterocycles. The third-order valence-electron chi connectivity index (χ3n) is 5.87. The van der Waals surface area contributed by atoms with E-state index >= 15 is 0 Å². The van der Waals surface area contributed by atoms with Crippen molar-refractivity contribution in [1.29, 1.82) is 15.8 Å². The average Bonchev–Trinajstić information content (AvgIpc) is 3.36. The predicted molar refractivity (Wildman–Crippen MR) is 122 cm³/mol. The zero-order chi connectivity index (χ0) is 21.8. The van der Waals surface area contributed by atoms with Gasteiger partial charge in [-0.1, -0.05) is 36.4 Å². The average molecular weight is 408 g/mol. The summed E-state index contributed by atoms with van der Waals surface area (Å²) in [5, 5.41) is 33.0. The van der Waals surface area contributed by atoms with Gasteiger partial charge in [0.1, 0.15) is 23.3 Å². The molecular formula is C27H12N4O. The van der Waals surface area contributed by atoms with Crippen molar-refractivity contribution in [1.82, 2.24) is 4.57 Å². The number of hydrogen-bond acceptors (Lipinski definition) is 4. The molecule has 0 aliphatic rings. The molecule has 0 aliphatic carbocycles. The van der Waals surface area contributed by atoms with E-state index in [0.29, 0.717) is 5.69 Å². The van der Waals surface area contributed by atoms with Gasteiger partial charge in [0, 0.05) is 21.5 Å². The molecule has 6 rings (SSSR count). The molecule has 0 radical (unpaired) electrons. The lowest BCUT2D eigenvalue weighted by Gasteiger charge is -2.12. The molecule has 0 N–H and O–H groups in total. The summed E-state index contributed by atoms with van der Waals surface area (Å²) in [5.74, 6) is 0. The molecule has 32 heavy (non-hydrogen) atoms. The van der Waals surface area contributed by atoms with Crippen LogP contribution in [0.25, 0.3) is 49.4 Å². The van der Waals surface area contributed by atoms with Gasteiger partial charge < -0.3 is 8.98 Å². The molecule has 0 fully saturated rings. The minimum absolute atomic E-state index is 0.278. The fraction of sp³-hybridized carbons (Fsp3) is 0. The zero-order valence-electron chi connectivity index (χ0n) is 16.6. The molecule has 6 aromatic rings. The van der Waals surface area contributed by atoms with E-state index in [4.69, 9.17) is 4.42 Å². The van der Waals surface area contributed by atoms with Crippen LogP contribution in [0.1, 0.15) is 16.7 Å². The van der Waals surface area contributed by atoms with Gasteiger partial charge in [-0.2, -0.15) is 15.8 Å². The van der Waals surface area contributed by atoms with Crippen LogP contribution in [0.15, 0.2) is 77.2 Å². The summed E-state index contributed by atoms with van der Waals surface area (Å²) >= 11 is 0. The Labute approximate surface area is 182 Å². The fourth-order valence-corrected chi connectivity index (χ4v) is 4.54. The number of para-hydroxylation sites is 2. The van der Waals surface area contributed by atoms with Crippen LogP contribution in [0.3, 0.4) is 0 Å². The summed E-state index contributed by atoms with van der Waals surface area (Å²) < 4.78 is 8.04. The molecule has 4 aromatic carbocycles. The number of nitriles is 3. The maximum Gasteiger partial charge on any atom is 0.136 e. The number of rotatable bonds is 1. The van der Waals surface area contributed by atoms with Crippen molar-refractivity contribution < 1.29 is 4.42 Å². The van der Waals surface area contributed by atoms with Gasteiger partial charge in [-0.3, -0.25) is 0 Å². The van der Waals surface area contributed by atoms with E-state index in [-0.39, 0.29) is 16.7 Å². The van der Waals surface area contributed by atoms with Gasteiger partial charge in [0.15, 0.2) is 0 Å². The highest BCUT2D eigenvalue weighted by atomic mass is 16.3. The maximum atomic E-state index is 9.88. The second-order valence-electron chi connectivity index (χ2n) is 7.57. The molecule has 0 saturated carbocycles. The van der Waals surface area contributed by atoms with Crippen LogP contribution < -0.4 is 0 Å².